The normalized spacial score (nSPS) is 10.6. The van der Waals surface area contributed by atoms with Crippen molar-refractivity contribution in [3.05, 3.63) is 65.3 Å². The molecule has 0 radical (unpaired) electrons. The third kappa shape index (κ3) is 2.99. The van der Waals surface area contributed by atoms with Crippen molar-refractivity contribution in [2.24, 2.45) is 0 Å². The van der Waals surface area contributed by atoms with E-state index in [-0.39, 0.29) is 12.4 Å². The van der Waals surface area contributed by atoms with Crippen LogP contribution in [0.3, 0.4) is 0 Å². The molecule has 0 amide bonds. The molecule has 0 bridgehead atoms. The Balaban J connectivity index is 1.71. The second-order valence-electron chi connectivity index (χ2n) is 4.48. The van der Waals surface area contributed by atoms with Gasteiger partial charge in [-0.1, -0.05) is 11.6 Å². The molecule has 112 valence electrons. The van der Waals surface area contributed by atoms with Gasteiger partial charge in [-0.15, -0.1) is 0 Å². The lowest BCUT2D eigenvalue weighted by molar-refractivity contribution is 0.0658. The predicted molar refractivity (Wildman–Crippen MR) is 79.2 cm³/mol. The number of carboxylic acid groups (broad SMARTS) is 1. The summed E-state index contributed by atoms with van der Waals surface area (Å²) in [4.78, 5) is 10.7. The molecule has 0 unspecified atom stereocenters. The first kappa shape index (κ1) is 14.3. The van der Waals surface area contributed by atoms with Crippen LogP contribution in [0.1, 0.15) is 16.3 Å². The van der Waals surface area contributed by atoms with E-state index < -0.39 is 5.97 Å². The zero-order valence-electron chi connectivity index (χ0n) is 11.3. The van der Waals surface area contributed by atoms with Crippen LogP contribution in [0.5, 0.6) is 5.75 Å². The van der Waals surface area contributed by atoms with E-state index in [0.29, 0.717) is 22.3 Å². The van der Waals surface area contributed by atoms with Crippen molar-refractivity contribution in [3.8, 4) is 17.1 Å². The Kier molecular flexibility index (Phi) is 3.89. The predicted octanol–water partition coefficient (Wildman–Crippen LogP) is 4.47. The highest BCUT2D eigenvalue weighted by Crippen LogP contribution is 2.31. The lowest BCUT2D eigenvalue weighted by atomic mass is 10.2. The third-order valence-corrected chi connectivity index (χ3v) is 3.28. The summed E-state index contributed by atoms with van der Waals surface area (Å²) in [7, 11) is 0. The number of hydrogen-bond donors (Lipinski definition) is 1. The maximum absolute atomic E-state index is 10.7. The van der Waals surface area contributed by atoms with Gasteiger partial charge in [-0.05, 0) is 42.5 Å². The second kappa shape index (κ2) is 5.99. The molecule has 1 aromatic carbocycles. The first-order valence-corrected chi connectivity index (χ1v) is 6.79. The molecular formula is C16H11ClO5. The molecule has 0 fully saturated rings. The van der Waals surface area contributed by atoms with Crippen LogP contribution in [-0.4, -0.2) is 11.1 Å². The van der Waals surface area contributed by atoms with Crippen LogP contribution in [0, 0.1) is 0 Å². The molecule has 2 aromatic heterocycles. The quantitative estimate of drug-likeness (QED) is 0.751. The maximum atomic E-state index is 10.7. The average Bonchev–Trinajstić information content (AvgIpc) is 3.17. The lowest BCUT2D eigenvalue weighted by Crippen LogP contribution is -1.96. The van der Waals surface area contributed by atoms with E-state index in [0.717, 1.165) is 5.56 Å². The molecule has 1 N–H and O–H groups in total. The first-order valence-electron chi connectivity index (χ1n) is 6.42. The molecule has 0 saturated heterocycles. The van der Waals surface area contributed by atoms with Crippen molar-refractivity contribution in [3.63, 3.8) is 0 Å². The van der Waals surface area contributed by atoms with E-state index in [2.05, 4.69) is 0 Å². The van der Waals surface area contributed by atoms with Crippen molar-refractivity contribution in [2.75, 3.05) is 0 Å². The first-order chi connectivity index (χ1) is 10.6. The largest absolute Gasteiger partial charge is 0.484 e. The van der Waals surface area contributed by atoms with Crippen LogP contribution in [0.25, 0.3) is 11.3 Å². The smallest absolute Gasteiger partial charge is 0.371 e. The molecule has 0 spiro atoms. The van der Waals surface area contributed by atoms with Crippen LogP contribution >= 0.6 is 11.6 Å². The highest BCUT2D eigenvalue weighted by Gasteiger charge is 2.11. The summed E-state index contributed by atoms with van der Waals surface area (Å²) in [5.74, 6) is 0.351. The molecule has 0 aliphatic rings. The highest BCUT2D eigenvalue weighted by molar-refractivity contribution is 6.32. The third-order valence-electron chi connectivity index (χ3n) is 2.98. The molecule has 2 heterocycles. The van der Waals surface area contributed by atoms with E-state index in [9.17, 15) is 4.79 Å². The van der Waals surface area contributed by atoms with Crippen molar-refractivity contribution in [1.29, 1.82) is 0 Å². The number of carboxylic acids is 1. The minimum absolute atomic E-state index is 0.0904. The summed E-state index contributed by atoms with van der Waals surface area (Å²) in [6, 6.07) is 11.8. The number of aromatic carboxylic acids is 1. The summed E-state index contributed by atoms with van der Waals surface area (Å²) < 4.78 is 15.9. The van der Waals surface area contributed by atoms with Gasteiger partial charge in [0.2, 0.25) is 5.76 Å². The summed E-state index contributed by atoms with van der Waals surface area (Å²) >= 11 is 6.18. The standard InChI is InChI=1S/C16H11ClO5/c17-12-8-10(13-2-1-7-20-13)3-5-14(12)21-9-11-4-6-15(22-11)16(18)19/h1-8H,9H2,(H,18,19). The Morgan fingerprint density at radius 3 is 2.73 bits per heavy atom. The second-order valence-corrected chi connectivity index (χ2v) is 4.89. The van der Waals surface area contributed by atoms with Crippen LogP contribution in [0.2, 0.25) is 5.02 Å². The zero-order valence-corrected chi connectivity index (χ0v) is 12.0. The van der Waals surface area contributed by atoms with Crippen molar-refractivity contribution >= 4 is 17.6 Å². The Morgan fingerprint density at radius 1 is 1.23 bits per heavy atom. The maximum Gasteiger partial charge on any atom is 0.371 e. The van der Waals surface area contributed by atoms with Crippen molar-refractivity contribution in [2.45, 2.75) is 6.61 Å². The average molecular weight is 319 g/mol. The topological polar surface area (TPSA) is 72.8 Å². The van der Waals surface area contributed by atoms with E-state index in [1.54, 1.807) is 30.5 Å². The molecule has 0 aliphatic heterocycles. The molecule has 6 heteroatoms. The van der Waals surface area contributed by atoms with Gasteiger partial charge in [-0.2, -0.15) is 0 Å². The fraction of sp³-hybridized carbons (Fsp3) is 0.0625. The number of benzene rings is 1. The fourth-order valence-electron chi connectivity index (χ4n) is 1.93. The van der Waals surface area contributed by atoms with Crippen LogP contribution in [0.4, 0.5) is 0 Å². The summed E-state index contributed by atoms with van der Waals surface area (Å²) in [6.45, 7) is 0.0904. The summed E-state index contributed by atoms with van der Waals surface area (Å²) in [5.41, 5.74) is 0.841. The summed E-state index contributed by atoms with van der Waals surface area (Å²) in [6.07, 6.45) is 1.59. The zero-order chi connectivity index (χ0) is 15.5. The van der Waals surface area contributed by atoms with E-state index >= 15 is 0 Å². The summed E-state index contributed by atoms with van der Waals surface area (Å²) in [5, 5.41) is 9.21. The number of carbonyl (C=O) groups is 1. The van der Waals surface area contributed by atoms with Crippen molar-refractivity contribution < 1.29 is 23.5 Å². The van der Waals surface area contributed by atoms with Gasteiger partial charge in [0, 0.05) is 5.56 Å². The van der Waals surface area contributed by atoms with Gasteiger partial charge in [-0.3, -0.25) is 0 Å². The number of hydrogen-bond acceptors (Lipinski definition) is 4. The van der Waals surface area contributed by atoms with Gasteiger partial charge in [-0.25, -0.2) is 4.79 Å². The van der Waals surface area contributed by atoms with E-state index in [1.165, 1.54) is 6.07 Å². The molecule has 3 aromatic rings. The van der Waals surface area contributed by atoms with Crippen LogP contribution in [-0.2, 0) is 6.61 Å². The van der Waals surface area contributed by atoms with Gasteiger partial charge >= 0.3 is 5.97 Å². The van der Waals surface area contributed by atoms with E-state index in [4.69, 9.17) is 30.3 Å². The Bertz CT molecular complexity index is 789. The minimum atomic E-state index is -1.12. The lowest BCUT2D eigenvalue weighted by Gasteiger charge is -2.07. The number of ether oxygens (including phenoxy) is 1. The molecule has 5 nitrogen and oxygen atoms in total. The van der Waals surface area contributed by atoms with E-state index in [1.807, 2.05) is 12.1 Å². The van der Waals surface area contributed by atoms with Gasteiger partial charge in [0.25, 0.3) is 0 Å². The van der Waals surface area contributed by atoms with Gasteiger partial charge in [0.15, 0.2) is 0 Å². The molecule has 22 heavy (non-hydrogen) atoms. The Morgan fingerprint density at radius 2 is 2.09 bits per heavy atom. The molecular weight excluding hydrogens is 308 g/mol. The Labute approximate surface area is 130 Å². The van der Waals surface area contributed by atoms with Crippen LogP contribution in [0.15, 0.2) is 57.6 Å². The van der Waals surface area contributed by atoms with Crippen molar-refractivity contribution in [1.82, 2.24) is 0 Å². The van der Waals surface area contributed by atoms with Gasteiger partial charge < -0.3 is 18.7 Å². The Hall–Kier alpha value is -2.66. The molecule has 0 atom stereocenters. The number of rotatable bonds is 5. The highest BCUT2D eigenvalue weighted by atomic mass is 35.5. The number of halogens is 1. The van der Waals surface area contributed by atoms with Crippen LogP contribution < -0.4 is 4.74 Å². The van der Waals surface area contributed by atoms with Gasteiger partial charge in [0.1, 0.15) is 23.9 Å². The molecule has 0 aliphatic carbocycles. The SMILES string of the molecule is O=C(O)c1ccc(COc2ccc(-c3ccco3)cc2Cl)o1. The monoisotopic (exact) mass is 318 g/mol. The molecule has 0 saturated carbocycles. The fourth-order valence-corrected chi connectivity index (χ4v) is 2.17. The number of furan rings is 2. The minimum Gasteiger partial charge on any atom is -0.484 e. The van der Waals surface area contributed by atoms with Gasteiger partial charge in [0.05, 0.1) is 11.3 Å². The molecule has 3 rings (SSSR count).